The summed E-state index contributed by atoms with van der Waals surface area (Å²) in [5, 5.41) is 2.80. The highest BCUT2D eigenvalue weighted by Crippen LogP contribution is 2.17. The molecule has 0 aliphatic rings. The van der Waals surface area contributed by atoms with Crippen LogP contribution in [0.5, 0.6) is 0 Å². The number of hydrogen-bond donors (Lipinski definition) is 1. The van der Waals surface area contributed by atoms with Crippen molar-refractivity contribution in [2.75, 3.05) is 12.8 Å². The second-order valence-corrected chi connectivity index (χ2v) is 8.25. The van der Waals surface area contributed by atoms with Gasteiger partial charge in [0, 0.05) is 12.1 Å². The van der Waals surface area contributed by atoms with E-state index in [2.05, 4.69) is 5.32 Å². The zero-order chi connectivity index (χ0) is 19.3. The fourth-order valence-corrected chi connectivity index (χ4v) is 3.43. The highest BCUT2D eigenvalue weighted by atomic mass is 32.2. The number of carbonyl (C=O) groups excluding carboxylic acids is 1. The van der Waals surface area contributed by atoms with Gasteiger partial charge in [-0.3, -0.25) is 4.79 Å². The lowest BCUT2D eigenvalue weighted by atomic mass is 10.0. The van der Waals surface area contributed by atoms with Gasteiger partial charge in [-0.15, -0.1) is 0 Å². The second-order valence-electron chi connectivity index (χ2n) is 6.27. The number of rotatable bonds is 7. The van der Waals surface area contributed by atoms with Crippen LogP contribution >= 0.6 is 0 Å². The number of nitrogens with zero attached hydrogens (tertiary/aromatic N) is 1. The summed E-state index contributed by atoms with van der Waals surface area (Å²) in [5.41, 5.74) is 2.21. The molecule has 2 aromatic rings. The lowest BCUT2D eigenvalue weighted by molar-refractivity contribution is -0.122. The van der Waals surface area contributed by atoms with E-state index in [0.717, 1.165) is 21.7 Å². The Morgan fingerprint density at radius 1 is 1.15 bits per heavy atom. The van der Waals surface area contributed by atoms with Crippen LogP contribution in [-0.2, 0) is 21.4 Å². The average Bonchev–Trinajstić information content (AvgIpc) is 2.55. The molecule has 1 amide bonds. The van der Waals surface area contributed by atoms with Gasteiger partial charge in [-0.05, 0) is 31.0 Å². The van der Waals surface area contributed by atoms with E-state index in [1.54, 1.807) is 6.07 Å². The summed E-state index contributed by atoms with van der Waals surface area (Å²) in [5.74, 6) is -0.947. The maximum Gasteiger partial charge on any atom is 0.235 e. The molecule has 0 fully saturated rings. The lowest BCUT2D eigenvalue weighted by Crippen LogP contribution is -2.40. The molecular formula is C19H23FN2O3S. The molecule has 0 heterocycles. The van der Waals surface area contributed by atoms with E-state index >= 15 is 0 Å². The van der Waals surface area contributed by atoms with Crippen molar-refractivity contribution in [1.29, 1.82) is 0 Å². The van der Waals surface area contributed by atoms with Gasteiger partial charge in [0.2, 0.25) is 15.9 Å². The first-order valence-corrected chi connectivity index (χ1v) is 10.1. The summed E-state index contributed by atoms with van der Waals surface area (Å²) in [7, 11) is -3.68. The molecule has 0 unspecified atom stereocenters. The maximum absolute atomic E-state index is 13.8. The van der Waals surface area contributed by atoms with Crippen molar-refractivity contribution < 1.29 is 17.6 Å². The second kappa shape index (κ2) is 8.42. The molecule has 0 bridgehead atoms. The zero-order valence-corrected chi connectivity index (χ0v) is 15.9. The van der Waals surface area contributed by atoms with Gasteiger partial charge in [-0.1, -0.05) is 42.5 Å². The first-order valence-electron chi connectivity index (χ1n) is 8.22. The van der Waals surface area contributed by atoms with Crippen molar-refractivity contribution in [3.63, 3.8) is 0 Å². The Morgan fingerprint density at radius 3 is 2.38 bits per heavy atom. The number of nitrogens with one attached hydrogen (secondary N) is 1. The molecule has 1 N–H and O–H groups in total. The first-order chi connectivity index (χ1) is 12.2. The molecule has 140 valence electrons. The smallest absolute Gasteiger partial charge is 0.235 e. The van der Waals surface area contributed by atoms with E-state index in [-0.39, 0.29) is 24.7 Å². The maximum atomic E-state index is 13.8. The average molecular weight is 378 g/mol. The topological polar surface area (TPSA) is 66.5 Å². The van der Waals surface area contributed by atoms with Gasteiger partial charge in [0.1, 0.15) is 5.82 Å². The van der Waals surface area contributed by atoms with Crippen molar-refractivity contribution in [3.05, 3.63) is 71.0 Å². The van der Waals surface area contributed by atoms with Gasteiger partial charge in [-0.2, -0.15) is 4.31 Å². The van der Waals surface area contributed by atoms with E-state index in [1.807, 2.05) is 38.1 Å². The van der Waals surface area contributed by atoms with E-state index in [0.29, 0.717) is 0 Å². The third-order valence-electron chi connectivity index (χ3n) is 4.13. The van der Waals surface area contributed by atoms with Gasteiger partial charge < -0.3 is 5.32 Å². The third-order valence-corrected chi connectivity index (χ3v) is 5.32. The summed E-state index contributed by atoms with van der Waals surface area (Å²) >= 11 is 0. The van der Waals surface area contributed by atoms with Gasteiger partial charge in [0.25, 0.3) is 0 Å². The Hall–Kier alpha value is -2.25. The molecular weight excluding hydrogens is 355 g/mol. The monoisotopic (exact) mass is 378 g/mol. The molecule has 0 aliphatic carbocycles. The molecule has 0 spiro atoms. The number of benzene rings is 2. The van der Waals surface area contributed by atoms with Crippen molar-refractivity contribution in [1.82, 2.24) is 9.62 Å². The summed E-state index contributed by atoms with van der Waals surface area (Å²) in [6, 6.07) is 13.3. The Labute approximate surface area is 153 Å². The minimum atomic E-state index is -3.68. The minimum absolute atomic E-state index is 0.197. The molecule has 0 saturated carbocycles. The third kappa shape index (κ3) is 5.37. The highest BCUT2D eigenvalue weighted by molar-refractivity contribution is 7.88. The molecule has 2 rings (SSSR count). The van der Waals surface area contributed by atoms with Crippen molar-refractivity contribution in [2.24, 2.45) is 0 Å². The van der Waals surface area contributed by atoms with Crippen LogP contribution in [0.25, 0.3) is 0 Å². The SMILES string of the molecule is Cc1ccccc1[C@H](C)NC(=O)CN(Cc1ccccc1F)S(C)(=O)=O. The van der Waals surface area contributed by atoms with E-state index in [4.69, 9.17) is 0 Å². The van der Waals surface area contributed by atoms with Crippen molar-refractivity contribution in [3.8, 4) is 0 Å². The van der Waals surface area contributed by atoms with E-state index in [1.165, 1.54) is 18.2 Å². The number of hydrogen-bond acceptors (Lipinski definition) is 3. The largest absolute Gasteiger partial charge is 0.348 e. The van der Waals surface area contributed by atoms with Crippen LogP contribution in [0.4, 0.5) is 4.39 Å². The minimum Gasteiger partial charge on any atom is -0.348 e. The Bertz CT molecular complexity index is 884. The number of aryl methyl sites for hydroxylation is 1. The molecule has 7 heteroatoms. The molecule has 26 heavy (non-hydrogen) atoms. The lowest BCUT2D eigenvalue weighted by Gasteiger charge is -2.22. The molecule has 0 saturated heterocycles. The van der Waals surface area contributed by atoms with Gasteiger partial charge in [0.15, 0.2) is 0 Å². The zero-order valence-electron chi connectivity index (χ0n) is 15.1. The highest BCUT2D eigenvalue weighted by Gasteiger charge is 2.23. The van der Waals surface area contributed by atoms with Crippen LogP contribution < -0.4 is 5.32 Å². The fourth-order valence-electron chi connectivity index (χ4n) is 2.70. The van der Waals surface area contributed by atoms with Crippen LogP contribution in [0, 0.1) is 12.7 Å². The van der Waals surface area contributed by atoms with Crippen LogP contribution in [0.15, 0.2) is 48.5 Å². The number of carbonyl (C=O) groups is 1. The van der Waals surface area contributed by atoms with Gasteiger partial charge in [0.05, 0.1) is 18.8 Å². The standard InChI is InChI=1S/C19H23FN2O3S/c1-14-8-4-6-10-17(14)15(2)21-19(23)13-22(26(3,24)25)12-16-9-5-7-11-18(16)20/h4-11,15H,12-13H2,1-3H3,(H,21,23)/t15-/m0/s1. The van der Waals surface area contributed by atoms with Crippen LogP contribution in [0.2, 0.25) is 0 Å². The van der Waals surface area contributed by atoms with Crippen LogP contribution in [0.1, 0.15) is 29.7 Å². The van der Waals surface area contributed by atoms with Crippen LogP contribution in [0.3, 0.4) is 0 Å². The first kappa shape index (κ1) is 20.1. The Morgan fingerprint density at radius 2 is 1.77 bits per heavy atom. The van der Waals surface area contributed by atoms with E-state index in [9.17, 15) is 17.6 Å². The molecule has 2 aromatic carbocycles. The predicted octanol–water partition coefficient (Wildman–Crippen LogP) is 2.77. The summed E-state index contributed by atoms with van der Waals surface area (Å²) in [6.07, 6.45) is 1.01. The van der Waals surface area contributed by atoms with Gasteiger partial charge >= 0.3 is 0 Å². The Kier molecular flexibility index (Phi) is 6.50. The number of halogens is 1. The van der Waals surface area contributed by atoms with Crippen molar-refractivity contribution in [2.45, 2.75) is 26.4 Å². The Balaban J connectivity index is 2.10. The molecule has 0 aliphatic heterocycles. The summed E-state index contributed by atoms with van der Waals surface area (Å²) in [4.78, 5) is 12.4. The quantitative estimate of drug-likeness (QED) is 0.806. The normalized spacial score (nSPS) is 12.8. The van der Waals surface area contributed by atoms with Crippen molar-refractivity contribution >= 4 is 15.9 Å². The number of amides is 1. The van der Waals surface area contributed by atoms with E-state index < -0.39 is 21.7 Å². The fraction of sp³-hybridized carbons (Fsp3) is 0.316. The molecule has 5 nitrogen and oxygen atoms in total. The predicted molar refractivity (Wildman–Crippen MR) is 99.4 cm³/mol. The number of sulfonamides is 1. The molecule has 1 atom stereocenters. The summed E-state index contributed by atoms with van der Waals surface area (Å²) in [6.45, 7) is 3.21. The summed E-state index contributed by atoms with van der Waals surface area (Å²) < 4.78 is 38.8. The van der Waals surface area contributed by atoms with Crippen LogP contribution in [-0.4, -0.2) is 31.4 Å². The van der Waals surface area contributed by atoms with Gasteiger partial charge in [-0.25, -0.2) is 12.8 Å². The molecule has 0 aromatic heterocycles. The molecule has 0 radical (unpaired) electrons.